The number of nitrogens with one attached hydrogen (secondary N) is 2. The number of amides is 2. The minimum atomic E-state index is -0.210. The molecule has 0 saturated carbocycles. The summed E-state index contributed by atoms with van der Waals surface area (Å²) >= 11 is 0. The number of fused-ring (bicyclic) bond motifs is 2. The third-order valence-electron chi connectivity index (χ3n) is 6.46. The van der Waals surface area contributed by atoms with Crippen molar-refractivity contribution in [2.75, 3.05) is 19.6 Å². The molecule has 29 heavy (non-hydrogen) atoms. The van der Waals surface area contributed by atoms with E-state index < -0.39 is 0 Å². The lowest BCUT2D eigenvalue weighted by Crippen LogP contribution is -2.45. The van der Waals surface area contributed by atoms with Crippen LogP contribution in [0, 0.1) is 5.82 Å². The van der Waals surface area contributed by atoms with Crippen molar-refractivity contribution in [1.82, 2.24) is 24.8 Å². The molecule has 2 aliphatic heterocycles. The minimum Gasteiger partial charge on any atom is -0.361 e. The summed E-state index contributed by atoms with van der Waals surface area (Å²) in [7, 11) is 0. The van der Waals surface area contributed by atoms with E-state index in [2.05, 4.69) is 19.9 Å². The lowest BCUT2D eigenvalue weighted by Gasteiger charge is -2.32. The number of hydrogen-bond donors (Lipinski definition) is 2. The number of halogens is 1. The quantitative estimate of drug-likeness (QED) is 0.705. The Kier molecular flexibility index (Phi) is 4.73. The molecule has 1 unspecified atom stereocenters. The molecule has 2 aromatic heterocycles. The first-order chi connectivity index (χ1) is 14.2. The van der Waals surface area contributed by atoms with Crippen molar-refractivity contribution in [2.24, 2.45) is 0 Å². The van der Waals surface area contributed by atoms with Crippen LogP contribution in [-0.4, -0.2) is 45.1 Å². The number of hydrogen-bond acceptors (Lipinski definition) is 2. The van der Waals surface area contributed by atoms with Crippen LogP contribution >= 0.6 is 0 Å². The number of carbonyl (C=O) groups excluding carboxylic acids is 1. The molecule has 1 fully saturated rings. The molecule has 6 nitrogen and oxygen atoms in total. The third-order valence-corrected chi connectivity index (χ3v) is 6.46. The summed E-state index contributed by atoms with van der Waals surface area (Å²) in [6, 6.07) is 4.88. The number of imidazole rings is 1. The van der Waals surface area contributed by atoms with E-state index in [1.807, 2.05) is 23.5 Å². The van der Waals surface area contributed by atoms with Gasteiger partial charge in [0.25, 0.3) is 0 Å². The highest BCUT2D eigenvalue weighted by molar-refractivity contribution is 5.84. The van der Waals surface area contributed by atoms with Gasteiger partial charge in [-0.1, -0.05) is 0 Å². The lowest BCUT2D eigenvalue weighted by atomic mass is 9.89. The molecule has 3 aromatic rings. The van der Waals surface area contributed by atoms with E-state index in [1.165, 1.54) is 6.07 Å². The Morgan fingerprint density at radius 1 is 1.24 bits per heavy atom. The second kappa shape index (κ2) is 7.54. The van der Waals surface area contributed by atoms with Crippen LogP contribution in [0.25, 0.3) is 10.9 Å². The van der Waals surface area contributed by atoms with Gasteiger partial charge in [0.2, 0.25) is 0 Å². The maximum Gasteiger partial charge on any atom is 0.317 e. The van der Waals surface area contributed by atoms with Crippen molar-refractivity contribution in [1.29, 1.82) is 0 Å². The SMILES string of the molecule is O=C(NCC1CCCn2ccnc21)N1CCC(c2c[nH]c3ccc(F)cc23)CC1. The molecule has 7 heteroatoms. The fourth-order valence-corrected chi connectivity index (χ4v) is 4.87. The van der Waals surface area contributed by atoms with E-state index in [0.29, 0.717) is 18.4 Å². The van der Waals surface area contributed by atoms with Crippen molar-refractivity contribution < 1.29 is 9.18 Å². The average Bonchev–Trinajstić information content (AvgIpc) is 3.39. The normalized spacial score (nSPS) is 20.0. The first kappa shape index (κ1) is 18.2. The molecule has 0 bridgehead atoms. The van der Waals surface area contributed by atoms with Crippen LogP contribution in [-0.2, 0) is 6.54 Å². The first-order valence-corrected chi connectivity index (χ1v) is 10.5. The number of urea groups is 1. The Morgan fingerprint density at radius 2 is 2.10 bits per heavy atom. The monoisotopic (exact) mass is 395 g/mol. The van der Waals surface area contributed by atoms with Crippen molar-refractivity contribution in [3.05, 3.63) is 54.0 Å². The Balaban J connectivity index is 1.18. The highest BCUT2D eigenvalue weighted by Crippen LogP contribution is 2.33. The largest absolute Gasteiger partial charge is 0.361 e. The fourth-order valence-electron chi connectivity index (χ4n) is 4.87. The summed E-state index contributed by atoms with van der Waals surface area (Å²) in [5, 5.41) is 4.08. The zero-order valence-corrected chi connectivity index (χ0v) is 16.4. The number of benzene rings is 1. The van der Waals surface area contributed by atoms with Crippen molar-refractivity contribution in [3.63, 3.8) is 0 Å². The first-order valence-electron chi connectivity index (χ1n) is 10.5. The molecule has 0 aliphatic carbocycles. The van der Waals surface area contributed by atoms with E-state index in [4.69, 9.17) is 0 Å². The number of likely N-dealkylation sites (tertiary alicyclic amines) is 1. The zero-order chi connectivity index (χ0) is 19.8. The number of nitrogens with zero attached hydrogens (tertiary/aromatic N) is 3. The van der Waals surface area contributed by atoms with Crippen LogP contribution in [0.1, 0.15) is 48.9 Å². The number of rotatable bonds is 3. The molecule has 0 spiro atoms. The van der Waals surface area contributed by atoms with Gasteiger partial charge in [-0.2, -0.15) is 0 Å². The minimum absolute atomic E-state index is 0.0112. The van der Waals surface area contributed by atoms with Crippen LogP contribution in [0.3, 0.4) is 0 Å². The summed E-state index contributed by atoms with van der Waals surface area (Å²) in [6.07, 6.45) is 9.84. The standard InChI is InChI=1S/C22H26FN5O/c23-17-3-4-20-18(12-17)19(14-25-20)15-5-9-28(10-6-15)22(29)26-13-16-2-1-8-27-11-7-24-21(16)27/h3-4,7,11-12,14-16,25H,1-2,5-6,8-10,13H2,(H,26,29). The molecule has 0 radical (unpaired) electrons. The van der Waals surface area contributed by atoms with Crippen molar-refractivity contribution >= 4 is 16.9 Å². The number of aromatic amines is 1. The molecule has 4 heterocycles. The molecular weight excluding hydrogens is 369 g/mol. The molecule has 152 valence electrons. The second-order valence-corrected chi connectivity index (χ2v) is 8.20. The van der Waals surface area contributed by atoms with Gasteiger partial charge in [0, 0.05) is 61.6 Å². The molecular formula is C22H26FN5O. The van der Waals surface area contributed by atoms with Gasteiger partial charge < -0.3 is 19.8 Å². The van der Waals surface area contributed by atoms with Crippen molar-refractivity contribution in [2.45, 2.75) is 44.1 Å². The molecule has 2 amide bonds. The van der Waals surface area contributed by atoms with E-state index >= 15 is 0 Å². The van der Waals surface area contributed by atoms with E-state index in [9.17, 15) is 9.18 Å². The van der Waals surface area contributed by atoms with Crippen LogP contribution in [0.2, 0.25) is 0 Å². The van der Waals surface area contributed by atoms with Gasteiger partial charge in [0.05, 0.1) is 0 Å². The highest BCUT2D eigenvalue weighted by atomic mass is 19.1. The number of H-pyrrole nitrogens is 1. The van der Waals surface area contributed by atoms with Gasteiger partial charge in [0.1, 0.15) is 11.6 Å². The highest BCUT2D eigenvalue weighted by Gasteiger charge is 2.27. The van der Waals surface area contributed by atoms with Crippen LogP contribution in [0.4, 0.5) is 9.18 Å². The summed E-state index contributed by atoms with van der Waals surface area (Å²) < 4.78 is 15.8. The van der Waals surface area contributed by atoms with Crippen molar-refractivity contribution in [3.8, 4) is 0 Å². The summed E-state index contributed by atoms with van der Waals surface area (Å²) in [4.78, 5) is 22.3. The Hall–Kier alpha value is -2.83. The van der Waals surface area contributed by atoms with Gasteiger partial charge in [-0.05, 0) is 55.4 Å². The maximum absolute atomic E-state index is 13.7. The number of piperidine rings is 1. The predicted molar refractivity (Wildman–Crippen MR) is 109 cm³/mol. The van der Waals surface area contributed by atoms with Gasteiger partial charge in [0.15, 0.2) is 0 Å². The van der Waals surface area contributed by atoms with Gasteiger partial charge in [-0.3, -0.25) is 0 Å². The Bertz CT molecular complexity index is 1020. The maximum atomic E-state index is 13.7. The molecule has 1 atom stereocenters. The number of aryl methyl sites for hydroxylation is 1. The fraction of sp³-hybridized carbons (Fsp3) is 0.455. The zero-order valence-electron chi connectivity index (χ0n) is 16.4. The third kappa shape index (κ3) is 3.50. The number of aromatic nitrogens is 3. The van der Waals surface area contributed by atoms with E-state index in [0.717, 1.165) is 67.6 Å². The predicted octanol–water partition coefficient (Wildman–Crippen LogP) is 3.97. The second-order valence-electron chi connectivity index (χ2n) is 8.20. The topological polar surface area (TPSA) is 66.0 Å². The number of carbonyl (C=O) groups is 1. The summed E-state index contributed by atoms with van der Waals surface area (Å²) in [6.45, 7) is 3.10. The van der Waals surface area contributed by atoms with E-state index in [1.54, 1.807) is 12.1 Å². The smallest absolute Gasteiger partial charge is 0.317 e. The molecule has 1 saturated heterocycles. The summed E-state index contributed by atoms with van der Waals surface area (Å²) in [5.41, 5.74) is 2.13. The van der Waals surface area contributed by atoms with Gasteiger partial charge >= 0.3 is 6.03 Å². The lowest BCUT2D eigenvalue weighted by molar-refractivity contribution is 0.180. The van der Waals surface area contributed by atoms with Crippen LogP contribution < -0.4 is 5.32 Å². The van der Waals surface area contributed by atoms with Gasteiger partial charge in [-0.25, -0.2) is 14.2 Å². The molecule has 5 rings (SSSR count). The van der Waals surface area contributed by atoms with Gasteiger partial charge in [-0.15, -0.1) is 0 Å². The summed E-state index contributed by atoms with van der Waals surface area (Å²) in [5.74, 6) is 1.52. The molecule has 2 aliphatic rings. The van der Waals surface area contributed by atoms with E-state index in [-0.39, 0.29) is 11.8 Å². The van der Waals surface area contributed by atoms with Crippen LogP contribution in [0.15, 0.2) is 36.8 Å². The molecule has 1 aromatic carbocycles. The van der Waals surface area contributed by atoms with Crippen LogP contribution in [0.5, 0.6) is 0 Å². The molecule has 2 N–H and O–H groups in total. The Labute approximate surface area is 169 Å². The average molecular weight is 395 g/mol. The Morgan fingerprint density at radius 3 is 2.97 bits per heavy atom.